The van der Waals surface area contributed by atoms with Crippen molar-refractivity contribution < 1.29 is 13.9 Å². The first-order valence-electron chi connectivity index (χ1n) is 6.90. The molecule has 19 heavy (non-hydrogen) atoms. The molecule has 0 amide bonds. The zero-order valence-electron chi connectivity index (χ0n) is 10.8. The first kappa shape index (κ1) is 14.9. The molecule has 2 rings (SSSR count). The second kappa shape index (κ2) is 6.80. The highest BCUT2D eigenvalue weighted by Gasteiger charge is 2.21. The maximum absolute atomic E-state index is 13.8. The molecule has 0 heterocycles. The van der Waals surface area contributed by atoms with Crippen LogP contribution in [0.15, 0.2) is 16.6 Å². The van der Waals surface area contributed by atoms with Crippen molar-refractivity contribution in [2.24, 2.45) is 5.92 Å². The van der Waals surface area contributed by atoms with E-state index >= 15 is 0 Å². The predicted octanol–water partition coefficient (Wildman–Crippen LogP) is 5.12. The minimum absolute atomic E-state index is 0.0740. The molecular weight excluding hydrogens is 314 g/mol. The van der Waals surface area contributed by atoms with Gasteiger partial charge in [-0.25, -0.2) is 8.78 Å². The van der Waals surface area contributed by atoms with Gasteiger partial charge >= 0.3 is 0 Å². The van der Waals surface area contributed by atoms with Crippen LogP contribution in [0.5, 0.6) is 0 Å². The molecule has 0 aromatic heterocycles. The van der Waals surface area contributed by atoms with Gasteiger partial charge in [-0.15, -0.1) is 0 Å². The van der Waals surface area contributed by atoms with E-state index in [0.717, 1.165) is 25.0 Å². The van der Waals surface area contributed by atoms with Gasteiger partial charge in [0.1, 0.15) is 11.6 Å². The van der Waals surface area contributed by atoms with Gasteiger partial charge in [0.2, 0.25) is 0 Å². The molecule has 1 unspecified atom stereocenters. The zero-order valence-corrected chi connectivity index (χ0v) is 12.4. The van der Waals surface area contributed by atoms with Gasteiger partial charge in [0.05, 0.1) is 10.6 Å². The molecule has 1 aliphatic carbocycles. The topological polar surface area (TPSA) is 20.2 Å². The number of halogens is 3. The molecule has 1 N–H and O–H groups in total. The van der Waals surface area contributed by atoms with E-state index in [2.05, 4.69) is 15.9 Å². The Bertz CT molecular complexity index is 428. The number of hydrogen-bond acceptors (Lipinski definition) is 1. The number of aliphatic hydroxyl groups excluding tert-OH is 1. The van der Waals surface area contributed by atoms with E-state index in [1.54, 1.807) is 0 Å². The highest BCUT2D eigenvalue weighted by atomic mass is 79.9. The van der Waals surface area contributed by atoms with Crippen LogP contribution in [0.4, 0.5) is 8.78 Å². The minimum Gasteiger partial charge on any atom is -0.388 e. The smallest absolute Gasteiger partial charge is 0.137 e. The average Bonchev–Trinajstić information content (AvgIpc) is 2.62. The number of aliphatic hydroxyl groups is 1. The Morgan fingerprint density at radius 2 is 1.74 bits per heavy atom. The lowest BCUT2D eigenvalue weighted by Crippen LogP contribution is -2.09. The average molecular weight is 333 g/mol. The van der Waals surface area contributed by atoms with E-state index in [1.807, 2.05) is 0 Å². The van der Waals surface area contributed by atoms with Gasteiger partial charge < -0.3 is 5.11 Å². The Morgan fingerprint density at radius 3 is 2.37 bits per heavy atom. The van der Waals surface area contributed by atoms with Crippen LogP contribution in [-0.4, -0.2) is 5.11 Å². The summed E-state index contributed by atoms with van der Waals surface area (Å²) in [6.07, 6.45) is 6.61. The van der Waals surface area contributed by atoms with Crippen molar-refractivity contribution in [2.75, 3.05) is 0 Å². The van der Waals surface area contributed by atoms with Gasteiger partial charge in [-0.3, -0.25) is 0 Å². The third-order valence-corrected chi connectivity index (χ3v) is 4.54. The number of hydrogen-bond donors (Lipinski definition) is 1. The van der Waals surface area contributed by atoms with Crippen molar-refractivity contribution >= 4 is 15.9 Å². The van der Waals surface area contributed by atoms with Crippen LogP contribution in [-0.2, 0) is 0 Å². The van der Waals surface area contributed by atoms with E-state index in [4.69, 9.17) is 0 Å². The fourth-order valence-electron chi connectivity index (χ4n) is 2.84. The van der Waals surface area contributed by atoms with Gasteiger partial charge in [0.15, 0.2) is 0 Å². The Balaban J connectivity index is 2.06. The highest BCUT2D eigenvalue weighted by Crippen LogP contribution is 2.33. The number of rotatable bonds is 3. The van der Waals surface area contributed by atoms with Crippen molar-refractivity contribution in [3.8, 4) is 0 Å². The zero-order chi connectivity index (χ0) is 13.8. The molecule has 0 spiro atoms. The van der Waals surface area contributed by atoms with Crippen molar-refractivity contribution in [1.82, 2.24) is 0 Å². The van der Waals surface area contributed by atoms with Gasteiger partial charge in [0.25, 0.3) is 0 Å². The van der Waals surface area contributed by atoms with Crippen LogP contribution in [0.25, 0.3) is 0 Å². The van der Waals surface area contributed by atoms with Gasteiger partial charge in [-0.05, 0) is 40.4 Å². The van der Waals surface area contributed by atoms with Crippen molar-refractivity contribution in [3.05, 3.63) is 33.8 Å². The molecule has 1 saturated carbocycles. The largest absolute Gasteiger partial charge is 0.388 e. The molecule has 106 valence electrons. The van der Waals surface area contributed by atoms with Crippen LogP contribution in [0.3, 0.4) is 0 Å². The van der Waals surface area contributed by atoms with Gasteiger partial charge in [-0.2, -0.15) is 0 Å². The first-order chi connectivity index (χ1) is 9.08. The molecule has 1 aromatic rings. The van der Waals surface area contributed by atoms with Gasteiger partial charge in [0, 0.05) is 5.56 Å². The SMILES string of the molecule is OC(CC1CCCCCC1)c1cc(F)c(Br)cc1F. The summed E-state index contributed by atoms with van der Waals surface area (Å²) in [6, 6.07) is 2.18. The summed E-state index contributed by atoms with van der Waals surface area (Å²) in [5.74, 6) is -0.658. The summed E-state index contributed by atoms with van der Waals surface area (Å²) in [6.45, 7) is 0. The monoisotopic (exact) mass is 332 g/mol. The maximum Gasteiger partial charge on any atom is 0.137 e. The van der Waals surface area contributed by atoms with E-state index in [-0.39, 0.29) is 10.0 Å². The van der Waals surface area contributed by atoms with Crippen LogP contribution in [0.2, 0.25) is 0 Å². The number of benzene rings is 1. The van der Waals surface area contributed by atoms with E-state index in [1.165, 1.54) is 25.7 Å². The molecule has 1 nitrogen and oxygen atoms in total. The van der Waals surface area contributed by atoms with E-state index in [9.17, 15) is 13.9 Å². The summed E-state index contributed by atoms with van der Waals surface area (Å²) in [7, 11) is 0. The quantitative estimate of drug-likeness (QED) is 0.601. The molecule has 1 atom stereocenters. The van der Waals surface area contributed by atoms with E-state index < -0.39 is 17.7 Å². The summed E-state index contributed by atoms with van der Waals surface area (Å²) < 4.78 is 27.3. The summed E-state index contributed by atoms with van der Waals surface area (Å²) in [5, 5.41) is 10.1. The Kier molecular flexibility index (Phi) is 5.34. The van der Waals surface area contributed by atoms with Crippen molar-refractivity contribution in [3.63, 3.8) is 0 Å². The van der Waals surface area contributed by atoms with Crippen LogP contribution in [0.1, 0.15) is 56.6 Å². The maximum atomic E-state index is 13.8. The molecule has 4 heteroatoms. The Hall–Kier alpha value is -0.480. The third kappa shape index (κ3) is 3.99. The molecule has 1 aromatic carbocycles. The summed E-state index contributed by atoms with van der Waals surface area (Å²) in [5.41, 5.74) is 0.0740. The standard InChI is InChI=1S/C15H19BrF2O/c16-12-9-13(17)11(8-14(12)18)15(19)7-10-5-3-1-2-4-6-10/h8-10,15,19H,1-7H2. The van der Waals surface area contributed by atoms with E-state index in [0.29, 0.717) is 12.3 Å². The molecule has 0 radical (unpaired) electrons. The van der Waals surface area contributed by atoms with Gasteiger partial charge in [-0.1, -0.05) is 38.5 Å². The molecule has 1 aliphatic rings. The van der Waals surface area contributed by atoms with Crippen molar-refractivity contribution in [2.45, 2.75) is 51.0 Å². The van der Waals surface area contributed by atoms with Crippen LogP contribution in [0, 0.1) is 17.6 Å². The fourth-order valence-corrected chi connectivity index (χ4v) is 3.15. The second-order valence-electron chi connectivity index (χ2n) is 5.40. The molecular formula is C15H19BrF2O. The minimum atomic E-state index is -0.911. The second-order valence-corrected chi connectivity index (χ2v) is 6.25. The molecule has 1 fully saturated rings. The van der Waals surface area contributed by atoms with Crippen molar-refractivity contribution in [1.29, 1.82) is 0 Å². The predicted molar refractivity (Wildman–Crippen MR) is 74.8 cm³/mol. The van der Waals surface area contributed by atoms with Crippen LogP contribution >= 0.6 is 15.9 Å². The molecule has 0 bridgehead atoms. The fraction of sp³-hybridized carbons (Fsp3) is 0.600. The lowest BCUT2D eigenvalue weighted by Gasteiger charge is -2.19. The highest BCUT2D eigenvalue weighted by molar-refractivity contribution is 9.10. The molecule has 0 saturated heterocycles. The summed E-state index contributed by atoms with van der Waals surface area (Å²) in [4.78, 5) is 0. The first-order valence-corrected chi connectivity index (χ1v) is 7.69. The Morgan fingerprint density at radius 1 is 1.11 bits per heavy atom. The van der Waals surface area contributed by atoms with Crippen LogP contribution < -0.4 is 0 Å². The lowest BCUT2D eigenvalue weighted by molar-refractivity contribution is 0.134. The normalized spacial score (nSPS) is 19.2. The third-order valence-electron chi connectivity index (χ3n) is 3.93. The molecule has 0 aliphatic heterocycles. The lowest BCUT2D eigenvalue weighted by atomic mass is 9.91. The summed E-state index contributed by atoms with van der Waals surface area (Å²) >= 11 is 2.94. The Labute approximate surface area is 121 Å².